The van der Waals surface area contributed by atoms with E-state index < -0.39 is 0 Å². The Balaban J connectivity index is 0.00000242. The Labute approximate surface area is 140 Å². The van der Waals surface area contributed by atoms with Gasteiger partial charge in [0.25, 0.3) is 5.56 Å². The average molecular weight is 374 g/mol. The van der Waals surface area contributed by atoms with Crippen molar-refractivity contribution in [3.63, 3.8) is 0 Å². The van der Waals surface area contributed by atoms with Crippen LogP contribution in [0.25, 0.3) is 11.2 Å². The second kappa shape index (κ2) is 6.37. The zero-order valence-electron chi connectivity index (χ0n) is 14.0. The number of hydrogen-bond acceptors (Lipinski definition) is 3. The van der Waals surface area contributed by atoms with Crippen LogP contribution in [0, 0.1) is 0 Å². The molecule has 0 radical (unpaired) electrons. The topological polar surface area (TPSA) is 61.8 Å². The molecule has 0 aliphatic carbocycles. The minimum absolute atomic E-state index is 0. The van der Waals surface area contributed by atoms with Crippen LogP contribution in [-0.4, -0.2) is 49.9 Å². The Kier molecular flexibility index (Phi) is 5.40. The lowest BCUT2D eigenvalue weighted by Gasteiger charge is -2.35. The lowest BCUT2D eigenvalue weighted by Crippen LogP contribution is -3.00. The summed E-state index contributed by atoms with van der Waals surface area (Å²) in [7, 11) is 7.46. The number of imidazole rings is 1. The first-order chi connectivity index (χ1) is 9.70. The van der Waals surface area contributed by atoms with E-state index in [1.54, 1.807) is 13.4 Å². The van der Waals surface area contributed by atoms with Crippen molar-refractivity contribution in [3.05, 3.63) is 27.2 Å². The molecule has 2 rings (SSSR count). The number of likely N-dealkylation sites (N-methyl/N-ethyl adjacent to an activating group) is 1. The highest BCUT2D eigenvalue weighted by atomic mass is 79.9. The van der Waals surface area contributed by atoms with E-state index in [2.05, 4.69) is 32.9 Å². The van der Waals surface area contributed by atoms with Gasteiger partial charge in [-0.15, -0.1) is 0 Å². The fourth-order valence-electron chi connectivity index (χ4n) is 2.35. The summed E-state index contributed by atoms with van der Waals surface area (Å²) in [5.41, 5.74) is 0.287. The second-order valence-electron chi connectivity index (χ2n) is 6.22. The predicted octanol–water partition coefficient (Wildman–Crippen LogP) is -3.08. The molecular weight excluding hydrogens is 350 g/mol. The zero-order chi connectivity index (χ0) is 15.9. The summed E-state index contributed by atoms with van der Waals surface area (Å²) in [6, 6.07) is 0.328. The van der Waals surface area contributed by atoms with Gasteiger partial charge in [0, 0.05) is 14.1 Å². The molecule has 0 amide bonds. The van der Waals surface area contributed by atoms with Gasteiger partial charge >= 0.3 is 5.69 Å². The zero-order valence-corrected chi connectivity index (χ0v) is 15.6. The summed E-state index contributed by atoms with van der Waals surface area (Å²) in [5.74, 6) is 0. The summed E-state index contributed by atoms with van der Waals surface area (Å²) in [6.45, 7) is 5.99. The van der Waals surface area contributed by atoms with Crippen molar-refractivity contribution < 1.29 is 21.5 Å². The Morgan fingerprint density at radius 1 is 1.23 bits per heavy atom. The summed E-state index contributed by atoms with van der Waals surface area (Å²) < 4.78 is 5.26. The van der Waals surface area contributed by atoms with Gasteiger partial charge in [0.2, 0.25) is 0 Å². The molecule has 0 aliphatic rings. The molecular formula is C14H24BrN5O2. The van der Waals surface area contributed by atoms with Crippen LogP contribution in [0.15, 0.2) is 15.9 Å². The molecule has 0 aromatic carbocycles. The molecule has 1 unspecified atom stereocenters. The monoisotopic (exact) mass is 373 g/mol. The predicted molar refractivity (Wildman–Crippen MR) is 82.3 cm³/mol. The van der Waals surface area contributed by atoms with E-state index in [0.717, 1.165) is 15.6 Å². The largest absolute Gasteiger partial charge is 1.00 e. The minimum atomic E-state index is -0.351. The third kappa shape index (κ3) is 2.89. The Morgan fingerprint density at radius 2 is 1.82 bits per heavy atom. The molecule has 0 spiro atoms. The maximum atomic E-state index is 12.4. The highest BCUT2D eigenvalue weighted by Crippen LogP contribution is 2.12. The maximum absolute atomic E-state index is 12.4. The molecule has 7 nitrogen and oxygen atoms in total. The van der Waals surface area contributed by atoms with E-state index in [0.29, 0.717) is 23.8 Å². The van der Waals surface area contributed by atoms with E-state index in [9.17, 15) is 9.59 Å². The normalized spacial score (nSPS) is 13.2. The van der Waals surface area contributed by atoms with Gasteiger partial charge in [-0.2, -0.15) is 0 Å². The third-order valence-corrected chi connectivity index (χ3v) is 4.69. The molecule has 8 heteroatoms. The van der Waals surface area contributed by atoms with Crippen molar-refractivity contribution >= 4 is 11.2 Å². The Hall–Kier alpha value is -1.41. The SMILES string of the molecule is CC[N+](C)(C)C(C)Cn1cnc2c1c(=O)n(C)c(=O)n2C.[Br-]. The van der Waals surface area contributed by atoms with Crippen LogP contribution in [0.1, 0.15) is 13.8 Å². The molecule has 1 atom stereocenters. The molecule has 2 aromatic rings. The number of hydrogen-bond donors (Lipinski definition) is 0. The second-order valence-corrected chi connectivity index (χ2v) is 6.22. The van der Waals surface area contributed by atoms with Gasteiger partial charge in [-0.3, -0.25) is 13.9 Å². The van der Waals surface area contributed by atoms with Gasteiger partial charge in [-0.05, 0) is 13.8 Å². The van der Waals surface area contributed by atoms with Gasteiger partial charge in [-0.1, -0.05) is 0 Å². The number of quaternary nitrogens is 1. The van der Waals surface area contributed by atoms with Crippen LogP contribution < -0.4 is 28.2 Å². The van der Waals surface area contributed by atoms with E-state index in [1.165, 1.54) is 11.6 Å². The number of nitrogens with zero attached hydrogens (tertiary/aromatic N) is 5. The lowest BCUT2D eigenvalue weighted by molar-refractivity contribution is -0.912. The molecule has 22 heavy (non-hydrogen) atoms. The van der Waals surface area contributed by atoms with Gasteiger partial charge in [0.05, 0.1) is 33.5 Å². The van der Waals surface area contributed by atoms with Crippen LogP contribution in [0.3, 0.4) is 0 Å². The van der Waals surface area contributed by atoms with Crippen molar-refractivity contribution in [1.29, 1.82) is 0 Å². The van der Waals surface area contributed by atoms with Gasteiger partial charge in [0.15, 0.2) is 11.2 Å². The summed E-state index contributed by atoms with van der Waals surface area (Å²) in [6.07, 6.45) is 1.65. The molecule has 2 heterocycles. The molecule has 0 saturated carbocycles. The highest BCUT2D eigenvalue weighted by Gasteiger charge is 2.24. The fraction of sp³-hybridized carbons (Fsp3) is 0.643. The van der Waals surface area contributed by atoms with Crippen molar-refractivity contribution in [2.75, 3.05) is 20.6 Å². The quantitative estimate of drug-likeness (QED) is 0.534. The Morgan fingerprint density at radius 3 is 2.36 bits per heavy atom. The van der Waals surface area contributed by atoms with Crippen LogP contribution in [0.5, 0.6) is 0 Å². The fourth-order valence-corrected chi connectivity index (χ4v) is 2.35. The molecule has 0 fully saturated rings. The van der Waals surface area contributed by atoms with E-state index in [-0.39, 0.29) is 28.2 Å². The molecule has 2 aromatic heterocycles. The number of rotatable bonds is 4. The van der Waals surface area contributed by atoms with Crippen LogP contribution in [0.2, 0.25) is 0 Å². The van der Waals surface area contributed by atoms with Crippen LogP contribution in [-0.2, 0) is 20.6 Å². The molecule has 0 aliphatic heterocycles. The molecule has 0 N–H and O–H groups in total. The Bertz CT molecular complexity index is 787. The highest BCUT2D eigenvalue weighted by molar-refractivity contribution is 5.69. The molecule has 124 valence electrons. The molecule has 0 bridgehead atoms. The van der Waals surface area contributed by atoms with E-state index in [4.69, 9.17) is 0 Å². The van der Waals surface area contributed by atoms with Gasteiger partial charge in [0.1, 0.15) is 6.04 Å². The number of aromatic nitrogens is 4. The first-order valence-electron chi connectivity index (χ1n) is 7.14. The van der Waals surface area contributed by atoms with Crippen molar-refractivity contribution in [1.82, 2.24) is 18.7 Å². The summed E-state index contributed by atoms with van der Waals surface area (Å²) in [5, 5.41) is 0. The van der Waals surface area contributed by atoms with Crippen molar-refractivity contribution in [2.24, 2.45) is 14.1 Å². The first kappa shape index (κ1) is 18.6. The first-order valence-corrected chi connectivity index (χ1v) is 7.14. The third-order valence-electron chi connectivity index (χ3n) is 4.69. The number of aryl methyl sites for hydroxylation is 1. The minimum Gasteiger partial charge on any atom is -1.00 e. The van der Waals surface area contributed by atoms with Crippen LogP contribution >= 0.6 is 0 Å². The van der Waals surface area contributed by atoms with Crippen molar-refractivity contribution in [3.8, 4) is 0 Å². The number of halogens is 1. The van der Waals surface area contributed by atoms with Gasteiger partial charge in [-0.25, -0.2) is 9.78 Å². The van der Waals surface area contributed by atoms with E-state index >= 15 is 0 Å². The number of fused-ring (bicyclic) bond motifs is 1. The summed E-state index contributed by atoms with van der Waals surface area (Å²) >= 11 is 0. The maximum Gasteiger partial charge on any atom is 0.332 e. The standard InChI is InChI=1S/C14H24N5O2.BrH/c1-7-19(5,6)10(2)8-18-9-15-12-11(18)13(20)17(4)14(21)16(12)3;/h9-10H,7-8H2,1-6H3;1H/q+1;/p-1. The smallest absolute Gasteiger partial charge is 0.332 e. The van der Waals surface area contributed by atoms with Crippen molar-refractivity contribution in [2.45, 2.75) is 26.4 Å². The van der Waals surface area contributed by atoms with E-state index in [1.807, 2.05) is 4.57 Å². The lowest BCUT2D eigenvalue weighted by atomic mass is 10.2. The average Bonchev–Trinajstić information content (AvgIpc) is 2.86. The van der Waals surface area contributed by atoms with Crippen LogP contribution in [0.4, 0.5) is 0 Å². The summed E-state index contributed by atoms with van der Waals surface area (Å²) in [4.78, 5) is 28.5. The van der Waals surface area contributed by atoms with Gasteiger partial charge < -0.3 is 26.0 Å². The molecule has 0 saturated heterocycles.